The molecule has 4 nitrogen and oxygen atoms in total. The number of rotatable bonds is 3. The van der Waals surface area contributed by atoms with E-state index in [4.69, 9.17) is 4.74 Å². The van der Waals surface area contributed by atoms with Crippen LogP contribution in [0.2, 0.25) is 0 Å². The van der Waals surface area contributed by atoms with Gasteiger partial charge in [-0.05, 0) is 28.1 Å². The lowest BCUT2D eigenvalue weighted by atomic mass is 10.2. The Morgan fingerprint density at radius 3 is 3.00 bits per heavy atom. The van der Waals surface area contributed by atoms with Gasteiger partial charge in [0.15, 0.2) is 0 Å². The third-order valence-electron chi connectivity index (χ3n) is 2.33. The van der Waals surface area contributed by atoms with Gasteiger partial charge in [0.1, 0.15) is 0 Å². The Bertz CT molecular complexity index is 581. The van der Waals surface area contributed by atoms with E-state index in [0.717, 1.165) is 10.0 Å². The molecule has 0 unspecified atom stereocenters. The van der Waals surface area contributed by atoms with Crippen LogP contribution >= 0.6 is 15.9 Å². The minimum absolute atomic E-state index is 0.0564. The molecule has 0 N–H and O–H groups in total. The van der Waals surface area contributed by atoms with E-state index in [1.807, 2.05) is 12.1 Å². The molecule has 0 aliphatic carbocycles. The lowest BCUT2D eigenvalue weighted by molar-refractivity contribution is 0.391. The summed E-state index contributed by atoms with van der Waals surface area (Å²) in [5.74, 6) is 0.541. The van der Waals surface area contributed by atoms with Gasteiger partial charge in [-0.2, -0.15) is 0 Å². The lowest BCUT2D eigenvalue weighted by Crippen LogP contribution is -2.19. The van der Waals surface area contributed by atoms with Crippen molar-refractivity contribution in [1.82, 2.24) is 9.55 Å². The molecule has 0 spiro atoms. The van der Waals surface area contributed by atoms with Crippen LogP contribution in [0.5, 0.6) is 5.88 Å². The van der Waals surface area contributed by atoms with Crippen molar-refractivity contribution in [2.24, 2.45) is 0 Å². The molecule has 5 heteroatoms. The smallest absolute Gasteiger partial charge is 0.250 e. The van der Waals surface area contributed by atoms with Crippen LogP contribution < -0.4 is 10.3 Å². The molecule has 0 radical (unpaired) electrons. The van der Waals surface area contributed by atoms with Crippen LogP contribution in [0.3, 0.4) is 0 Å². The van der Waals surface area contributed by atoms with E-state index < -0.39 is 0 Å². The van der Waals surface area contributed by atoms with Gasteiger partial charge in [0.25, 0.3) is 5.56 Å². The summed E-state index contributed by atoms with van der Waals surface area (Å²) < 4.78 is 7.61. The molecular weight excluding hydrogens is 284 g/mol. The molecule has 2 heterocycles. The molecule has 0 aromatic carbocycles. The average Bonchev–Trinajstić information content (AvgIpc) is 2.34. The Kier molecular flexibility index (Phi) is 3.58. The molecule has 17 heavy (non-hydrogen) atoms. The first kappa shape index (κ1) is 11.9. The molecule has 2 rings (SSSR count). The van der Waals surface area contributed by atoms with E-state index >= 15 is 0 Å². The molecule has 88 valence electrons. The van der Waals surface area contributed by atoms with E-state index in [9.17, 15) is 4.79 Å². The van der Waals surface area contributed by atoms with E-state index in [1.165, 1.54) is 6.07 Å². The SMILES string of the molecule is COc1ncccc1Cn1cc(Br)ccc1=O. The van der Waals surface area contributed by atoms with Gasteiger partial charge >= 0.3 is 0 Å². The normalized spacial score (nSPS) is 10.2. The number of methoxy groups -OCH3 is 1. The Morgan fingerprint density at radius 1 is 1.41 bits per heavy atom. The van der Waals surface area contributed by atoms with Gasteiger partial charge in [0.05, 0.1) is 13.7 Å². The number of aromatic nitrogens is 2. The maximum Gasteiger partial charge on any atom is 0.250 e. The summed E-state index contributed by atoms with van der Waals surface area (Å²) in [7, 11) is 1.56. The summed E-state index contributed by atoms with van der Waals surface area (Å²) in [6.45, 7) is 0.440. The van der Waals surface area contributed by atoms with Crippen LogP contribution in [0.4, 0.5) is 0 Å². The highest BCUT2D eigenvalue weighted by Gasteiger charge is 2.05. The van der Waals surface area contributed by atoms with E-state index in [1.54, 1.807) is 30.1 Å². The van der Waals surface area contributed by atoms with Crippen molar-refractivity contribution in [1.29, 1.82) is 0 Å². The molecule has 0 atom stereocenters. The van der Waals surface area contributed by atoms with Crippen LogP contribution in [0.15, 0.2) is 45.9 Å². The zero-order chi connectivity index (χ0) is 12.3. The summed E-state index contributed by atoms with van der Waals surface area (Å²) in [5.41, 5.74) is 0.814. The third-order valence-corrected chi connectivity index (χ3v) is 2.80. The van der Waals surface area contributed by atoms with E-state index in [-0.39, 0.29) is 5.56 Å². The van der Waals surface area contributed by atoms with Crippen molar-refractivity contribution in [3.63, 3.8) is 0 Å². The van der Waals surface area contributed by atoms with Gasteiger partial charge in [-0.15, -0.1) is 0 Å². The second-order valence-electron chi connectivity index (χ2n) is 3.49. The minimum Gasteiger partial charge on any atom is -0.481 e. The highest BCUT2D eigenvalue weighted by Crippen LogP contribution is 2.15. The topological polar surface area (TPSA) is 44.1 Å². The average molecular weight is 295 g/mol. The molecule has 0 aliphatic heterocycles. The van der Waals surface area contributed by atoms with Gasteiger partial charge in [-0.1, -0.05) is 6.07 Å². The standard InChI is InChI=1S/C12H11BrN2O2/c1-17-12-9(3-2-6-14-12)7-15-8-10(13)4-5-11(15)16/h2-6,8H,7H2,1H3. The van der Waals surface area contributed by atoms with Crippen molar-refractivity contribution in [2.75, 3.05) is 7.11 Å². The van der Waals surface area contributed by atoms with Crippen molar-refractivity contribution in [3.8, 4) is 5.88 Å². The summed E-state index contributed by atoms with van der Waals surface area (Å²) in [6.07, 6.45) is 3.40. The number of pyridine rings is 2. The lowest BCUT2D eigenvalue weighted by Gasteiger charge is -2.09. The monoisotopic (exact) mass is 294 g/mol. The number of hydrogen-bond acceptors (Lipinski definition) is 3. The highest BCUT2D eigenvalue weighted by molar-refractivity contribution is 9.10. The van der Waals surface area contributed by atoms with Gasteiger partial charge in [0.2, 0.25) is 5.88 Å². The van der Waals surface area contributed by atoms with Crippen molar-refractivity contribution in [2.45, 2.75) is 6.54 Å². The van der Waals surface area contributed by atoms with E-state index in [2.05, 4.69) is 20.9 Å². The zero-order valence-corrected chi connectivity index (χ0v) is 10.8. The first-order valence-electron chi connectivity index (χ1n) is 5.04. The van der Waals surface area contributed by atoms with E-state index in [0.29, 0.717) is 12.4 Å². The maximum atomic E-state index is 11.7. The quantitative estimate of drug-likeness (QED) is 0.870. The molecule has 0 saturated heterocycles. The second-order valence-corrected chi connectivity index (χ2v) is 4.40. The number of ether oxygens (including phenoxy) is 1. The fourth-order valence-corrected chi connectivity index (χ4v) is 1.92. The Morgan fingerprint density at radius 2 is 2.24 bits per heavy atom. The van der Waals surface area contributed by atoms with Gasteiger partial charge in [0, 0.05) is 28.5 Å². The Hall–Kier alpha value is -1.62. The highest BCUT2D eigenvalue weighted by atomic mass is 79.9. The van der Waals surface area contributed by atoms with Crippen LogP contribution in [-0.4, -0.2) is 16.7 Å². The van der Waals surface area contributed by atoms with Gasteiger partial charge in [-0.3, -0.25) is 4.79 Å². The summed E-state index contributed by atoms with van der Waals surface area (Å²) in [5, 5.41) is 0. The van der Waals surface area contributed by atoms with Crippen LogP contribution in [0, 0.1) is 0 Å². The van der Waals surface area contributed by atoms with Crippen molar-refractivity contribution >= 4 is 15.9 Å². The first-order chi connectivity index (χ1) is 8.20. The minimum atomic E-state index is -0.0564. The Balaban J connectivity index is 2.37. The predicted molar refractivity (Wildman–Crippen MR) is 68.3 cm³/mol. The van der Waals surface area contributed by atoms with Gasteiger partial charge in [-0.25, -0.2) is 4.98 Å². The van der Waals surface area contributed by atoms with Crippen molar-refractivity contribution < 1.29 is 4.74 Å². The number of hydrogen-bond donors (Lipinski definition) is 0. The number of halogens is 1. The molecule has 0 saturated carbocycles. The summed E-state index contributed by atoms with van der Waals surface area (Å²) in [6, 6.07) is 6.95. The fourth-order valence-electron chi connectivity index (χ4n) is 1.54. The summed E-state index contributed by atoms with van der Waals surface area (Å²) in [4.78, 5) is 15.8. The molecule has 0 amide bonds. The number of nitrogens with zero attached hydrogens (tertiary/aromatic N) is 2. The molecule has 2 aromatic rings. The molecule has 0 aliphatic rings. The van der Waals surface area contributed by atoms with Crippen LogP contribution in [-0.2, 0) is 6.54 Å². The third kappa shape index (κ3) is 2.74. The van der Waals surface area contributed by atoms with Crippen LogP contribution in [0.25, 0.3) is 0 Å². The van der Waals surface area contributed by atoms with Gasteiger partial charge < -0.3 is 9.30 Å². The zero-order valence-electron chi connectivity index (χ0n) is 9.26. The molecule has 0 bridgehead atoms. The van der Waals surface area contributed by atoms with Crippen LogP contribution in [0.1, 0.15) is 5.56 Å². The predicted octanol–water partition coefficient (Wildman–Crippen LogP) is 2.06. The maximum absolute atomic E-state index is 11.7. The Labute approximate surface area is 107 Å². The summed E-state index contributed by atoms with van der Waals surface area (Å²) >= 11 is 3.34. The first-order valence-corrected chi connectivity index (χ1v) is 5.84. The molecule has 2 aromatic heterocycles. The fraction of sp³-hybridized carbons (Fsp3) is 0.167. The molecular formula is C12H11BrN2O2. The second kappa shape index (κ2) is 5.14. The molecule has 0 fully saturated rings. The van der Waals surface area contributed by atoms with Crippen molar-refractivity contribution in [3.05, 3.63) is 57.0 Å². The largest absolute Gasteiger partial charge is 0.481 e.